The molecule has 1 heterocycles. The number of rotatable bonds is 5. The monoisotopic (exact) mass is 347 g/mol. The summed E-state index contributed by atoms with van der Waals surface area (Å²) in [4.78, 5) is 15.9. The van der Waals surface area contributed by atoms with Gasteiger partial charge in [-0.2, -0.15) is 4.98 Å². The van der Waals surface area contributed by atoms with Gasteiger partial charge in [0.2, 0.25) is 17.6 Å². The summed E-state index contributed by atoms with van der Waals surface area (Å²) >= 11 is 0. The second kappa shape index (κ2) is 7.16. The van der Waals surface area contributed by atoms with Crippen LogP contribution in [0.5, 0.6) is 0 Å². The maximum Gasteiger partial charge on any atom is 0.227 e. The Balaban J connectivity index is 1.59. The van der Waals surface area contributed by atoms with Gasteiger partial charge in [-0.15, -0.1) is 0 Å². The van der Waals surface area contributed by atoms with Crippen LogP contribution < -0.4 is 5.32 Å². The molecule has 0 radical (unpaired) electrons. The Hall–Kier alpha value is -3.16. The van der Waals surface area contributed by atoms with Crippen LogP contribution in [0.4, 0.5) is 18.9 Å². The van der Waals surface area contributed by atoms with E-state index < -0.39 is 17.5 Å². The molecule has 0 aliphatic rings. The van der Waals surface area contributed by atoms with Gasteiger partial charge in [-0.25, -0.2) is 13.2 Å². The molecule has 3 rings (SSSR count). The Morgan fingerprint density at radius 1 is 1.04 bits per heavy atom. The fraction of sp³-hybridized carbons (Fsp3) is 0.118. The Bertz CT molecular complexity index is 894. The maximum atomic E-state index is 13.5. The van der Waals surface area contributed by atoms with Crippen LogP contribution in [0.1, 0.15) is 12.3 Å². The number of hydrogen-bond acceptors (Lipinski definition) is 4. The van der Waals surface area contributed by atoms with E-state index in [1.165, 1.54) is 24.3 Å². The maximum absolute atomic E-state index is 13.5. The predicted octanol–water partition coefficient (Wildman–Crippen LogP) is 3.73. The van der Waals surface area contributed by atoms with E-state index >= 15 is 0 Å². The van der Waals surface area contributed by atoms with Crippen LogP contribution in [-0.4, -0.2) is 16.0 Å². The second-order valence-corrected chi connectivity index (χ2v) is 5.19. The molecule has 128 valence electrons. The van der Waals surface area contributed by atoms with E-state index in [4.69, 9.17) is 4.52 Å². The van der Waals surface area contributed by atoms with Gasteiger partial charge in [0.25, 0.3) is 0 Å². The second-order valence-electron chi connectivity index (χ2n) is 5.19. The standard InChI is InChI=1S/C17H12F3N3O2/c18-11-3-1-10(2-4-11)17-22-16(25-23-17)8-7-15(24)21-14-9-12(19)5-6-13(14)20/h1-6,9H,7-8H2,(H,21,24). The van der Waals surface area contributed by atoms with Gasteiger partial charge in [0.15, 0.2) is 0 Å². The zero-order valence-corrected chi connectivity index (χ0v) is 12.8. The van der Waals surface area contributed by atoms with Crippen LogP contribution in [0.2, 0.25) is 0 Å². The third-order valence-electron chi connectivity index (χ3n) is 3.34. The molecule has 0 saturated heterocycles. The number of anilines is 1. The van der Waals surface area contributed by atoms with Crippen molar-refractivity contribution in [1.82, 2.24) is 10.1 Å². The lowest BCUT2D eigenvalue weighted by atomic mass is 10.2. The van der Waals surface area contributed by atoms with E-state index in [1.807, 2.05) is 0 Å². The van der Waals surface area contributed by atoms with Gasteiger partial charge in [0.05, 0.1) is 5.69 Å². The minimum atomic E-state index is -0.730. The van der Waals surface area contributed by atoms with Crippen molar-refractivity contribution in [3.8, 4) is 11.4 Å². The molecule has 0 aliphatic carbocycles. The van der Waals surface area contributed by atoms with Crippen LogP contribution in [0.3, 0.4) is 0 Å². The van der Waals surface area contributed by atoms with Gasteiger partial charge in [-0.05, 0) is 36.4 Å². The summed E-state index contributed by atoms with van der Waals surface area (Å²) in [6.45, 7) is 0. The van der Waals surface area contributed by atoms with E-state index in [0.717, 1.165) is 18.2 Å². The highest BCUT2D eigenvalue weighted by Crippen LogP contribution is 2.18. The minimum Gasteiger partial charge on any atom is -0.339 e. The molecule has 1 N–H and O–H groups in total. The SMILES string of the molecule is O=C(CCc1nc(-c2ccc(F)cc2)no1)Nc1cc(F)ccc1F. The zero-order chi connectivity index (χ0) is 17.8. The summed E-state index contributed by atoms with van der Waals surface area (Å²) < 4.78 is 44.4. The van der Waals surface area contributed by atoms with Gasteiger partial charge < -0.3 is 9.84 Å². The quantitative estimate of drug-likeness (QED) is 0.764. The molecule has 3 aromatic rings. The molecule has 0 atom stereocenters. The van der Waals surface area contributed by atoms with Gasteiger partial charge in [0.1, 0.15) is 17.5 Å². The Labute approximate surface area is 140 Å². The number of nitrogens with zero attached hydrogens (tertiary/aromatic N) is 2. The van der Waals surface area contributed by atoms with Gasteiger partial charge in [0, 0.05) is 24.5 Å². The fourth-order valence-electron chi connectivity index (χ4n) is 2.10. The molecule has 8 heteroatoms. The molecule has 0 saturated carbocycles. The highest BCUT2D eigenvalue weighted by molar-refractivity contribution is 5.90. The van der Waals surface area contributed by atoms with Crippen molar-refractivity contribution in [2.45, 2.75) is 12.8 Å². The van der Waals surface area contributed by atoms with Crippen LogP contribution in [0.25, 0.3) is 11.4 Å². The van der Waals surface area contributed by atoms with Gasteiger partial charge >= 0.3 is 0 Å². The molecular formula is C17H12F3N3O2. The van der Waals surface area contributed by atoms with Gasteiger partial charge in [-0.3, -0.25) is 4.79 Å². The number of aryl methyl sites for hydroxylation is 1. The van der Waals surface area contributed by atoms with Crippen molar-refractivity contribution >= 4 is 11.6 Å². The Kier molecular flexibility index (Phi) is 4.78. The summed E-state index contributed by atoms with van der Waals surface area (Å²) in [7, 11) is 0. The largest absolute Gasteiger partial charge is 0.339 e. The number of carbonyl (C=O) groups excluding carboxylic acids is 1. The van der Waals surface area contributed by atoms with E-state index in [1.54, 1.807) is 0 Å². The van der Waals surface area contributed by atoms with Crippen LogP contribution >= 0.6 is 0 Å². The topological polar surface area (TPSA) is 68.0 Å². The number of aromatic nitrogens is 2. The minimum absolute atomic E-state index is 0.0546. The summed E-state index contributed by atoms with van der Waals surface area (Å²) in [6.07, 6.45) is 0.0674. The van der Waals surface area contributed by atoms with Crippen LogP contribution in [0.15, 0.2) is 47.0 Å². The smallest absolute Gasteiger partial charge is 0.227 e. The molecule has 5 nitrogen and oxygen atoms in total. The molecule has 1 amide bonds. The lowest BCUT2D eigenvalue weighted by Gasteiger charge is -2.05. The molecule has 0 bridgehead atoms. The average Bonchev–Trinajstić information content (AvgIpc) is 3.06. The van der Waals surface area contributed by atoms with Crippen molar-refractivity contribution in [1.29, 1.82) is 0 Å². The number of carbonyl (C=O) groups is 1. The summed E-state index contributed by atoms with van der Waals surface area (Å²) in [5.41, 5.74) is 0.338. The summed E-state index contributed by atoms with van der Waals surface area (Å²) in [5, 5.41) is 6.03. The Morgan fingerprint density at radius 3 is 2.52 bits per heavy atom. The number of halogens is 3. The lowest BCUT2D eigenvalue weighted by molar-refractivity contribution is -0.116. The van der Waals surface area contributed by atoms with Crippen molar-refractivity contribution in [3.05, 3.63) is 65.8 Å². The highest BCUT2D eigenvalue weighted by Gasteiger charge is 2.12. The average molecular weight is 347 g/mol. The lowest BCUT2D eigenvalue weighted by Crippen LogP contribution is -2.13. The fourth-order valence-corrected chi connectivity index (χ4v) is 2.10. The number of hydrogen-bond donors (Lipinski definition) is 1. The molecule has 0 unspecified atom stereocenters. The van der Waals surface area contributed by atoms with Crippen molar-refractivity contribution in [2.75, 3.05) is 5.32 Å². The first-order valence-corrected chi connectivity index (χ1v) is 7.35. The first kappa shape index (κ1) is 16.7. The first-order chi connectivity index (χ1) is 12.0. The predicted molar refractivity (Wildman–Crippen MR) is 83.0 cm³/mol. The number of amides is 1. The molecule has 25 heavy (non-hydrogen) atoms. The normalized spacial score (nSPS) is 10.7. The summed E-state index contributed by atoms with van der Waals surface area (Å²) in [6, 6.07) is 8.33. The highest BCUT2D eigenvalue weighted by atomic mass is 19.1. The molecule has 0 aliphatic heterocycles. The number of nitrogens with one attached hydrogen (secondary N) is 1. The van der Waals surface area contributed by atoms with E-state index in [0.29, 0.717) is 5.56 Å². The zero-order valence-electron chi connectivity index (χ0n) is 12.8. The van der Waals surface area contributed by atoms with Crippen LogP contribution in [0, 0.1) is 17.5 Å². The molecule has 2 aromatic carbocycles. The molecule has 0 spiro atoms. The van der Waals surface area contributed by atoms with E-state index in [9.17, 15) is 18.0 Å². The van der Waals surface area contributed by atoms with Crippen molar-refractivity contribution in [2.24, 2.45) is 0 Å². The molecule has 1 aromatic heterocycles. The first-order valence-electron chi connectivity index (χ1n) is 7.35. The van der Waals surface area contributed by atoms with Gasteiger partial charge in [-0.1, -0.05) is 5.16 Å². The molecule has 0 fully saturated rings. The van der Waals surface area contributed by atoms with Crippen molar-refractivity contribution < 1.29 is 22.5 Å². The van der Waals surface area contributed by atoms with Crippen molar-refractivity contribution in [3.63, 3.8) is 0 Å². The van der Waals surface area contributed by atoms with Crippen LogP contribution in [-0.2, 0) is 11.2 Å². The number of benzene rings is 2. The molecular weight excluding hydrogens is 335 g/mol. The van der Waals surface area contributed by atoms with E-state index in [-0.39, 0.29) is 36.1 Å². The third kappa shape index (κ3) is 4.23. The Morgan fingerprint density at radius 2 is 1.76 bits per heavy atom. The summed E-state index contributed by atoms with van der Waals surface area (Å²) in [5.74, 6) is -1.82. The third-order valence-corrected chi connectivity index (χ3v) is 3.34. The van der Waals surface area contributed by atoms with E-state index in [2.05, 4.69) is 15.5 Å².